The maximum atomic E-state index is 13.9. The second kappa shape index (κ2) is 12.2. The first-order valence-electron chi connectivity index (χ1n) is 14.9. The first-order valence-corrected chi connectivity index (χ1v) is 21.2. The maximum absolute atomic E-state index is 13.9. The summed E-state index contributed by atoms with van der Waals surface area (Å²) in [5, 5.41) is 6.19. The average molecular weight is 664 g/mol. The van der Waals surface area contributed by atoms with Crippen molar-refractivity contribution >= 4 is 72.0 Å². The van der Waals surface area contributed by atoms with E-state index in [0.29, 0.717) is 0 Å². The third-order valence-corrected chi connectivity index (χ3v) is 25.9. The zero-order valence-electron chi connectivity index (χ0n) is 25.0. The average Bonchev–Trinajstić information content (AvgIpc) is 3.12. The van der Waals surface area contributed by atoms with Gasteiger partial charge in [0.05, 0.1) is 0 Å². The molecule has 0 aromatic heterocycles. The number of hydrogen-bond acceptors (Lipinski definition) is 1. The normalized spacial score (nSPS) is 13.4. The summed E-state index contributed by atoms with van der Waals surface area (Å²) in [4.78, 5) is 13.9. The zero-order chi connectivity index (χ0) is 31.4. The fraction of sp³-hybridized carbons (Fsp3) is 0.0250. The molecule has 0 saturated heterocycles. The molecule has 0 aliphatic heterocycles. The Labute approximate surface area is 275 Å². The van der Waals surface area contributed by atoms with Gasteiger partial charge in [-0.15, -0.1) is 0 Å². The van der Waals surface area contributed by atoms with Crippen LogP contribution in [0.2, 0.25) is 0 Å². The van der Waals surface area contributed by atoms with Gasteiger partial charge in [-0.1, -0.05) is 0 Å². The summed E-state index contributed by atoms with van der Waals surface area (Å²) in [6.45, 7) is 1.60. The van der Waals surface area contributed by atoms with Gasteiger partial charge < -0.3 is 0 Å². The predicted octanol–water partition coefficient (Wildman–Crippen LogP) is 8.78. The Hall–Kier alpha value is -3.83. The van der Waals surface area contributed by atoms with Crippen LogP contribution in [0.5, 0.6) is 0 Å². The molecule has 0 saturated carbocycles. The third-order valence-electron chi connectivity index (χ3n) is 8.64. The second-order valence-corrected chi connectivity index (χ2v) is 23.7. The van der Waals surface area contributed by atoms with Gasteiger partial charge in [0, 0.05) is 0 Å². The van der Waals surface area contributed by atoms with Crippen LogP contribution in [0.4, 0.5) is 0 Å². The Balaban J connectivity index is 2.01. The van der Waals surface area contributed by atoms with E-state index in [9.17, 15) is 4.79 Å². The van der Waals surface area contributed by atoms with E-state index in [1.165, 1.54) is 0 Å². The molecule has 0 amide bonds. The summed E-state index contributed by atoms with van der Waals surface area (Å²) in [6, 6.07) is 61.4. The van der Waals surface area contributed by atoms with Crippen molar-refractivity contribution in [2.75, 3.05) is 0 Å². The molecule has 0 aliphatic carbocycles. The van der Waals surface area contributed by atoms with E-state index in [1.54, 1.807) is 13.0 Å². The SMILES string of the molecule is CC(=O)C=C(P(Cl)(c1ccccc1)(c1ccccc1)c1ccccc1)P(Cl)(c1ccccc1)(c1ccccc1)c1ccccc1. The fourth-order valence-electron chi connectivity index (χ4n) is 6.71. The molecule has 1 nitrogen and oxygen atoms in total. The Morgan fingerprint density at radius 2 is 0.578 bits per heavy atom. The van der Waals surface area contributed by atoms with Crippen LogP contribution < -0.4 is 31.8 Å². The number of carbonyl (C=O) groups excluding carboxylic acids is 1. The van der Waals surface area contributed by atoms with Crippen LogP contribution >= 0.6 is 34.4 Å². The van der Waals surface area contributed by atoms with Crippen molar-refractivity contribution in [3.63, 3.8) is 0 Å². The molecule has 0 fully saturated rings. The number of carbonyl (C=O) groups is 1. The fourth-order valence-corrected chi connectivity index (χ4v) is 25.6. The van der Waals surface area contributed by atoms with Crippen molar-refractivity contribution in [3.05, 3.63) is 193 Å². The van der Waals surface area contributed by atoms with Gasteiger partial charge in [-0.05, 0) is 0 Å². The number of halogens is 2. The molecule has 0 aliphatic rings. The molecule has 0 heterocycles. The molecule has 5 heteroatoms. The van der Waals surface area contributed by atoms with E-state index in [2.05, 4.69) is 72.8 Å². The standard InChI is InChI=1S/C40H34Cl2OP2/c1-33(43)32-40(44(41,34-20-8-2-9-21-34,35-22-10-3-11-23-35)36-24-12-4-13-25-36)45(42,37-26-14-5-15-27-37,38-28-16-6-17-29-38)39-30-18-7-19-31-39/h2-32H,1H3. The summed E-state index contributed by atoms with van der Waals surface area (Å²) in [6.07, 6.45) is 1.77. The molecule has 0 N–H and O–H groups in total. The molecule has 6 aromatic carbocycles. The summed E-state index contributed by atoms with van der Waals surface area (Å²) in [5.74, 6) is -8.89. The molecule has 6 aromatic rings. The Kier molecular flexibility index (Phi) is 8.43. The van der Waals surface area contributed by atoms with E-state index in [0.717, 1.165) is 36.9 Å². The zero-order valence-corrected chi connectivity index (χ0v) is 28.3. The van der Waals surface area contributed by atoms with Crippen LogP contribution in [0.3, 0.4) is 0 Å². The second-order valence-electron chi connectivity index (χ2n) is 11.1. The summed E-state index contributed by atoms with van der Waals surface area (Å²) >= 11 is 17.9. The quantitative estimate of drug-likeness (QED) is 0.112. The van der Waals surface area contributed by atoms with Crippen molar-refractivity contribution in [1.29, 1.82) is 0 Å². The third kappa shape index (κ3) is 4.65. The molecule has 0 bridgehead atoms. The van der Waals surface area contributed by atoms with Crippen molar-refractivity contribution < 1.29 is 4.79 Å². The van der Waals surface area contributed by atoms with Crippen LogP contribution in [0.15, 0.2) is 193 Å². The molecular formula is C40H34Cl2OP2. The first kappa shape index (κ1) is 31.2. The summed E-state index contributed by atoms with van der Waals surface area (Å²) in [7, 11) is 0. The van der Waals surface area contributed by atoms with E-state index in [1.807, 2.05) is 109 Å². The topological polar surface area (TPSA) is 17.1 Å². The van der Waals surface area contributed by atoms with Gasteiger partial charge in [-0.2, -0.15) is 0 Å². The van der Waals surface area contributed by atoms with Crippen LogP contribution in [-0.2, 0) is 4.79 Å². The van der Waals surface area contributed by atoms with E-state index >= 15 is 0 Å². The summed E-state index contributed by atoms with van der Waals surface area (Å²) in [5.41, 5.74) is 0. The molecule has 0 spiro atoms. The number of ketones is 1. The van der Waals surface area contributed by atoms with Crippen LogP contribution in [0.1, 0.15) is 6.92 Å². The van der Waals surface area contributed by atoms with Gasteiger partial charge in [0.25, 0.3) is 0 Å². The van der Waals surface area contributed by atoms with E-state index in [4.69, 9.17) is 22.5 Å². The number of rotatable bonds is 9. The van der Waals surface area contributed by atoms with Crippen molar-refractivity contribution in [1.82, 2.24) is 0 Å². The minimum absolute atomic E-state index is 0.125. The first-order chi connectivity index (χ1) is 21.8. The van der Waals surface area contributed by atoms with Crippen LogP contribution in [0.25, 0.3) is 0 Å². The Morgan fingerprint density at radius 3 is 0.733 bits per heavy atom. The Morgan fingerprint density at radius 1 is 0.400 bits per heavy atom. The molecule has 0 unspecified atom stereocenters. The number of hydrogen-bond donors (Lipinski definition) is 0. The minimum atomic E-state index is -4.38. The number of benzene rings is 6. The van der Waals surface area contributed by atoms with E-state index in [-0.39, 0.29) is 5.78 Å². The molecule has 0 atom stereocenters. The number of allylic oxidation sites excluding steroid dienone is 1. The van der Waals surface area contributed by atoms with E-state index < -0.39 is 11.9 Å². The Bertz CT molecular complexity index is 1610. The van der Waals surface area contributed by atoms with Crippen molar-refractivity contribution in [2.24, 2.45) is 0 Å². The summed E-state index contributed by atoms with van der Waals surface area (Å²) < 4.78 is 0. The monoisotopic (exact) mass is 662 g/mol. The molecule has 0 radical (unpaired) electrons. The van der Waals surface area contributed by atoms with Crippen LogP contribution in [0, 0.1) is 0 Å². The van der Waals surface area contributed by atoms with Gasteiger partial charge in [0.1, 0.15) is 0 Å². The van der Waals surface area contributed by atoms with Gasteiger partial charge in [0.15, 0.2) is 0 Å². The van der Waals surface area contributed by atoms with Gasteiger partial charge in [-0.3, -0.25) is 0 Å². The van der Waals surface area contributed by atoms with Crippen molar-refractivity contribution in [2.45, 2.75) is 6.92 Å². The molecule has 224 valence electrons. The van der Waals surface area contributed by atoms with Gasteiger partial charge >= 0.3 is 277 Å². The van der Waals surface area contributed by atoms with Crippen LogP contribution in [-0.4, -0.2) is 5.78 Å². The van der Waals surface area contributed by atoms with Gasteiger partial charge in [0.2, 0.25) is 0 Å². The van der Waals surface area contributed by atoms with Gasteiger partial charge in [-0.25, -0.2) is 0 Å². The molecular weight excluding hydrogens is 629 g/mol. The molecule has 45 heavy (non-hydrogen) atoms. The predicted molar refractivity (Wildman–Crippen MR) is 201 cm³/mol. The van der Waals surface area contributed by atoms with Crippen molar-refractivity contribution in [3.8, 4) is 0 Å². The molecule has 6 rings (SSSR count).